The van der Waals surface area contributed by atoms with Crippen molar-refractivity contribution in [2.45, 2.75) is 6.85 Å². The summed E-state index contributed by atoms with van der Waals surface area (Å²) in [4.78, 5) is 5.45. The van der Waals surface area contributed by atoms with Crippen LogP contribution in [0.5, 0.6) is 6.01 Å². The van der Waals surface area contributed by atoms with E-state index in [1.165, 1.54) is 0 Å². The summed E-state index contributed by atoms with van der Waals surface area (Å²) in [6.07, 6.45) is -0.808. The predicted octanol–water partition coefficient (Wildman–Crippen LogP) is 0.808. The van der Waals surface area contributed by atoms with E-state index in [4.69, 9.17) is 9.60 Å². The van der Waals surface area contributed by atoms with Crippen molar-refractivity contribution in [1.82, 2.24) is 9.97 Å². The van der Waals surface area contributed by atoms with Crippen molar-refractivity contribution in [3.05, 3.63) is 12.3 Å². The first-order valence-electron chi connectivity index (χ1n) is 5.36. The van der Waals surface area contributed by atoms with Crippen LogP contribution in [0.3, 0.4) is 0 Å². The van der Waals surface area contributed by atoms with Gasteiger partial charge in [0.25, 0.3) is 6.01 Å². The average Bonchev–Trinajstić information content (AvgIpc) is 2.27. The van der Waals surface area contributed by atoms with Crippen LogP contribution >= 0.6 is 0 Å². The Morgan fingerprint density at radius 3 is 4.00 bits per heavy atom. The quantitative estimate of drug-likeness (QED) is 0.625. The molecule has 8 heavy (non-hydrogen) atoms. The fraction of sp³-hybridized carbons (Fsp3) is 0.400. The Kier molecular flexibility index (Phi) is 0.379. The van der Waals surface area contributed by atoms with Gasteiger partial charge in [-0.25, -0.2) is 4.98 Å². The lowest BCUT2D eigenvalue weighted by Crippen LogP contribution is -1.91. The molecule has 1 heterocycles. The van der Waals surface area contributed by atoms with Crippen molar-refractivity contribution in [3.8, 4) is 6.01 Å². The van der Waals surface area contributed by atoms with Gasteiger partial charge in [-0.15, -0.1) is 0 Å². The second-order valence-corrected chi connectivity index (χ2v) is 0.983. The van der Waals surface area contributed by atoms with Gasteiger partial charge >= 0.3 is 0 Å². The molecule has 1 N–H and O–H groups in total. The Labute approximate surface area is 57.5 Å². The SMILES string of the molecule is [2H]c1nc(OC([2H])([2H])C([2H])([2H])[2H])[nH]c1[2H]. The molecule has 0 aliphatic heterocycles. The maximum atomic E-state index is 7.09. The molecule has 0 amide bonds. The second-order valence-electron chi connectivity index (χ2n) is 0.983. The van der Waals surface area contributed by atoms with Crippen LogP contribution in [0.1, 0.15) is 16.4 Å². The lowest BCUT2D eigenvalue weighted by molar-refractivity contribution is 0.316. The van der Waals surface area contributed by atoms with E-state index in [0.29, 0.717) is 0 Å². The lowest BCUT2D eigenvalue weighted by atomic mass is 10.9. The molecule has 0 saturated carbocycles. The summed E-state index contributed by atoms with van der Waals surface area (Å²) in [6, 6.07) is -0.494. The van der Waals surface area contributed by atoms with Gasteiger partial charge in [-0.05, 0) is 6.85 Å². The Morgan fingerprint density at radius 1 is 2.38 bits per heavy atom. The molecule has 3 heteroatoms. The van der Waals surface area contributed by atoms with E-state index < -0.39 is 25.6 Å². The fourth-order valence-corrected chi connectivity index (χ4v) is 0.285. The molecule has 0 fully saturated rings. The largest absolute Gasteiger partial charge is 0.465 e. The van der Waals surface area contributed by atoms with Crippen molar-refractivity contribution in [3.63, 3.8) is 0 Å². The summed E-state index contributed by atoms with van der Waals surface area (Å²) in [6.45, 7) is -5.88. The Bertz CT molecular complexity index is 337. The first kappa shape index (κ1) is 1.29. The van der Waals surface area contributed by atoms with Crippen LogP contribution in [0.2, 0.25) is 0 Å². The summed E-state index contributed by atoms with van der Waals surface area (Å²) in [5.74, 6) is 0. The smallest absolute Gasteiger partial charge is 0.293 e. The van der Waals surface area contributed by atoms with E-state index in [1.54, 1.807) is 0 Å². The highest BCUT2D eigenvalue weighted by atomic mass is 16.5. The van der Waals surface area contributed by atoms with Crippen LogP contribution in [-0.4, -0.2) is 16.5 Å². The third-order valence-corrected chi connectivity index (χ3v) is 0.530. The molecule has 0 aromatic carbocycles. The fourth-order valence-electron chi connectivity index (χ4n) is 0.285. The number of hydrogen-bond acceptors (Lipinski definition) is 2. The molecule has 1 aromatic heterocycles. The van der Waals surface area contributed by atoms with Crippen molar-refractivity contribution in [2.75, 3.05) is 6.56 Å². The van der Waals surface area contributed by atoms with Crippen LogP contribution in [0, 0.1) is 0 Å². The molecule has 44 valence electrons. The minimum Gasteiger partial charge on any atom is -0.465 e. The first-order chi connectivity index (χ1) is 6.63. The summed E-state index contributed by atoms with van der Waals surface area (Å²) in [7, 11) is 0. The van der Waals surface area contributed by atoms with Crippen molar-refractivity contribution in [1.29, 1.82) is 0 Å². The summed E-state index contributed by atoms with van der Waals surface area (Å²) >= 11 is 0. The van der Waals surface area contributed by atoms with Gasteiger partial charge in [0.05, 0.1) is 12.0 Å². The van der Waals surface area contributed by atoms with Crippen LogP contribution < -0.4 is 4.74 Å². The van der Waals surface area contributed by atoms with Gasteiger partial charge in [-0.2, -0.15) is 0 Å². The van der Waals surface area contributed by atoms with E-state index in [-0.39, 0.29) is 6.17 Å². The molecule has 0 unspecified atom stereocenters. The van der Waals surface area contributed by atoms with Crippen LogP contribution in [0.25, 0.3) is 0 Å². The lowest BCUT2D eigenvalue weighted by Gasteiger charge is -1.92. The molecule has 0 aliphatic carbocycles. The molecule has 0 saturated heterocycles. The summed E-state index contributed by atoms with van der Waals surface area (Å²) < 4.78 is 53.2. The van der Waals surface area contributed by atoms with Crippen molar-refractivity contribution >= 4 is 0 Å². The van der Waals surface area contributed by atoms with E-state index in [9.17, 15) is 0 Å². The van der Waals surface area contributed by atoms with Crippen LogP contribution in [-0.2, 0) is 0 Å². The Balaban J connectivity index is 2.86. The van der Waals surface area contributed by atoms with E-state index in [0.717, 1.165) is 0 Å². The second kappa shape index (κ2) is 2.35. The monoisotopic (exact) mass is 119 g/mol. The number of H-pyrrole nitrogens is 1. The normalized spacial score (nSPS) is 25.2. The zero-order chi connectivity index (χ0) is 11.9. The molecular weight excluding hydrogens is 104 g/mol. The molecule has 1 rings (SSSR count). The number of aromatic amines is 1. The number of rotatable bonds is 2. The molecule has 1 aromatic rings. The number of ether oxygens (including phenoxy) is 1. The summed E-state index contributed by atoms with van der Waals surface area (Å²) in [5.41, 5.74) is 0. The number of nitrogens with zero attached hydrogens (tertiary/aromatic N) is 1. The zero-order valence-electron chi connectivity index (χ0n) is 10.9. The van der Waals surface area contributed by atoms with Gasteiger partial charge < -0.3 is 9.72 Å². The molecular formula is C5H8N2O. The number of nitrogens with one attached hydrogen (secondary N) is 1. The minimum atomic E-state index is -2.97. The highest BCUT2D eigenvalue weighted by Gasteiger charge is 1.87. The van der Waals surface area contributed by atoms with Crippen LogP contribution in [0.15, 0.2) is 12.3 Å². The van der Waals surface area contributed by atoms with E-state index in [2.05, 4.69) is 14.7 Å². The van der Waals surface area contributed by atoms with Gasteiger partial charge in [-0.3, -0.25) is 0 Å². The zero-order valence-corrected chi connectivity index (χ0v) is 3.86. The molecule has 3 nitrogen and oxygen atoms in total. The highest BCUT2D eigenvalue weighted by Crippen LogP contribution is 1.96. The standard InChI is InChI=1S/C5H8N2O/c1-2-8-5-6-3-4-7-5/h3-4H,2H2,1H3,(H,6,7)/i1D3,2D2,3D,4D. The predicted molar refractivity (Wildman–Crippen MR) is 29.8 cm³/mol. The van der Waals surface area contributed by atoms with Gasteiger partial charge in [-0.1, -0.05) is 0 Å². The maximum Gasteiger partial charge on any atom is 0.293 e. The highest BCUT2D eigenvalue weighted by molar-refractivity contribution is 4.91. The van der Waals surface area contributed by atoms with Gasteiger partial charge in [0.1, 0.15) is 0 Å². The average molecular weight is 119 g/mol. The number of imidazole rings is 1. The molecule has 0 bridgehead atoms. The first-order valence-corrected chi connectivity index (χ1v) is 1.86. The third-order valence-electron chi connectivity index (χ3n) is 0.530. The van der Waals surface area contributed by atoms with Gasteiger partial charge in [0.2, 0.25) is 0 Å². The topological polar surface area (TPSA) is 37.9 Å². The molecule has 0 radical (unpaired) electrons. The minimum absolute atomic E-state index is 0.369. The summed E-state index contributed by atoms with van der Waals surface area (Å²) in [5, 5.41) is 0. The molecule has 0 spiro atoms. The van der Waals surface area contributed by atoms with Crippen LogP contribution in [0.4, 0.5) is 0 Å². The van der Waals surface area contributed by atoms with Gasteiger partial charge in [0, 0.05) is 16.5 Å². The van der Waals surface area contributed by atoms with Crippen molar-refractivity contribution in [2.24, 2.45) is 0 Å². The molecule has 0 atom stereocenters. The third kappa shape index (κ3) is 0.992. The Morgan fingerprint density at radius 2 is 3.38 bits per heavy atom. The Hall–Kier alpha value is -0.990. The van der Waals surface area contributed by atoms with Gasteiger partial charge in [0.15, 0.2) is 0 Å². The molecule has 0 aliphatic rings. The van der Waals surface area contributed by atoms with E-state index >= 15 is 0 Å². The number of aromatic nitrogens is 2. The maximum absolute atomic E-state index is 7.09. The van der Waals surface area contributed by atoms with E-state index in [1.807, 2.05) is 0 Å². The van der Waals surface area contributed by atoms with Crippen molar-refractivity contribution < 1.29 is 14.3 Å². The number of hydrogen-bond donors (Lipinski definition) is 1.